The Kier molecular flexibility index (Phi) is 5.00. The van der Waals surface area contributed by atoms with Gasteiger partial charge in [0.1, 0.15) is 0 Å². The van der Waals surface area contributed by atoms with Gasteiger partial charge < -0.3 is 10.4 Å². The minimum Gasteiger partial charge on any atom is -0.394 e. The van der Waals surface area contributed by atoms with E-state index in [1.807, 2.05) is 0 Å². The van der Waals surface area contributed by atoms with Crippen LogP contribution >= 0.6 is 0 Å². The predicted molar refractivity (Wildman–Crippen MR) is 80.2 cm³/mol. The van der Waals surface area contributed by atoms with Gasteiger partial charge in [-0.3, -0.25) is 0 Å². The maximum Gasteiger partial charge on any atom is 0.0652 e. The third-order valence-corrected chi connectivity index (χ3v) is 4.43. The molecule has 106 valence electrons. The van der Waals surface area contributed by atoms with Crippen molar-refractivity contribution in [2.75, 3.05) is 6.61 Å². The summed E-state index contributed by atoms with van der Waals surface area (Å²) in [7, 11) is 0. The van der Waals surface area contributed by atoms with E-state index < -0.39 is 0 Å². The minimum absolute atomic E-state index is 0.147. The Hall–Kier alpha value is -0.860. The second-order valence-electron chi connectivity index (χ2n) is 6.14. The maximum atomic E-state index is 9.90. The lowest BCUT2D eigenvalue weighted by Crippen LogP contribution is -2.48. The summed E-state index contributed by atoms with van der Waals surface area (Å²) in [5.41, 5.74) is 2.15. The van der Waals surface area contributed by atoms with Gasteiger partial charge in [0, 0.05) is 6.04 Å². The Labute approximate surface area is 117 Å². The zero-order valence-corrected chi connectivity index (χ0v) is 12.3. The van der Waals surface area contributed by atoms with E-state index in [2.05, 4.69) is 43.4 Å². The Balaban J connectivity index is 2.15. The highest BCUT2D eigenvalue weighted by molar-refractivity contribution is 5.32. The third-order valence-electron chi connectivity index (χ3n) is 4.43. The molecule has 2 nitrogen and oxygen atoms in total. The fraction of sp³-hybridized carbons (Fsp3) is 0.647. The standard InChI is InChI=1S/C17H27NO/c1-14-9-7-8-12-16(14)17(2,13-19)18-15-10-5-3-4-6-11-15/h7-9,12,15,18-19H,3-6,10-11,13H2,1-2H3. The van der Waals surface area contributed by atoms with Crippen LogP contribution in [0.1, 0.15) is 56.6 Å². The van der Waals surface area contributed by atoms with E-state index in [0.717, 1.165) is 0 Å². The van der Waals surface area contributed by atoms with Crippen LogP contribution in [0.3, 0.4) is 0 Å². The molecule has 1 unspecified atom stereocenters. The van der Waals surface area contributed by atoms with Crippen LogP contribution in [0.2, 0.25) is 0 Å². The van der Waals surface area contributed by atoms with Crippen LogP contribution in [0.15, 0.2) is 24.3 Å². The van der Waals surface area contributed by atoms with Crippen molar-refractivity contribution in [3.05, 3.63) is 35.4 Å². The highest BCUT2D eigenvalue weighted by Gasteiger charge is 2.29. The van der Waals surface area contributed by atoms with Crippen LogP contribution in [0.25, 0.3) is 0 Å². The minimum atomic E-state index is -0.319. The van der Waals surface area contributed by atoms with Gasteiger partial charge in [-0.05, 0) is 37.8 Å². The molecule has 0 bridgehead atoms. The molecule has 0 heterocycles. The summed E-state index contributed by atoms with van der Waals surface area (Å²) >= 11 is 0. The molecule has 0 aliphatic heterocycles. The number of hydrogen-bond acceptors (Lipinski definition) is 2. The second-order valence-corrected chi connectivity index (χ2v) is 6.14. The number of hydrogen-bond donors (Lipinski definition) is 2. The normalized spacial score (nSPS) is 20.8. The number of nitrogens with one attached hydrogen (secondary N) is 1. The zero-order chi connectivity index (χ0) is 13.7. The molecule has 1 fully saturated rings. The molecule has 1 saturated carbocycles. The quantitative estimate of drug-likeness (QED) is 0.813. The van der Waals surface area contributed by atoms with E-state index in [1.165, 1.54) is 49.7 Å². The number of aliphatic hydroxyl groups excluding tert-OH is 1. The van der Waals surface area contributed by atoms with Gasteiger partial charge in [-0.1, -0.05) is 49.9 Å². The second kappa shape index (κ2) is 6.53. The maximum absolute atomic E-state index is 9.90. The van der Waals surface area contributed by atoms with Crippen LogP contribution in [0.4, 0.5) is 0 Å². The van der Waals surface area contributed by atoms with Gasteiger partial charge in [0.15, 0.2) is 0 Å². The van der Waals surface area contributed by atoms with Crippen molar-refractivity contribution in [1.82, 2.24) is 5.32 Å². The molecule has 0 radical (unpaired) electrons. The van der Waals surface area contributed by atoms with Gasteiger partial charge in [0.2, 0.25) is 0 Å². The predicted octanol–water partition coefficient (Wildman–Crippen LogP) is 3.51. The molecule has 0 aromatic heterocycles. The van der Waals surface area contributed by atoms with Gasteiger partial charge >= 0.3 is 0 Å². The Morgan fingerprint density at radius 2 is 1.79 bits per heavy atom. The topological polar surface area (TPSA) is 32.3 Å². The molecule has 2 N–H and O–H groups in total. The molecular weight excluding hydrogens is 234 g/mol. The van der Waals surface area contributed by atoms with Gasteiger partial charge in [-0.25, -0.2) is 0 Å². The monoisotopic (exact) mass is 261 g/mol. The third kappa shape index (κ3) is 3.58. The molecule has 1 aromatic carbocycles. The number of aliphatic hydroxyl groups is 1. The summed E-state index contributed by atoms with van der Waals surface area (Å²) in [5.74, 6) is 0. The summed E-state index contributed by atoms with van der Waals surface area (Å²) in [6, 6.07) is 8.92. The van der Waals surface area contributed by atoms with Crippen molar-refractivity contribution in [2.24, 2.45) is 0 Å². The van der Waals surface area contributed by atoms with Crippen molar-refractivity contribution in [2.45, 2.75) is 64.0 Å². The van der Waals surface area contributed by atoms with Crippen molar-refractivity contribution < 1.29 is 5.11 Å². The average Bonchev–Trinajstić information content (AvgIpc) is 2.67. The smallest absolute Gasteiger partial charge is 0.0652 e. The molecule has 1 aliphatic carbocycles. The number of aryl methyl sites for hydroxylation is 1. The van der Waals surface area contributed by atoms with Gasteiger partial charge in [0.05, 0.1) is 12.1 Å². The zero-order valence-electron chi connectivity index (χ0n) is 12.3. The summed E-state index contributed by atoms with van der Waals surface area (Å²) in [5, 5.41) is 13.6. The van der Waals surface area contributed by atoms with Crippen LogP contribution in [0, 0.1) is 6.92 Å². The highest BCUT2D eigenvalue weighted by atomic mass is 16.3. The SMILES string of the molecule is Cc1ccccc1C(C)(CO)NC1CCCCCC1. The van der Waals surface area contributed by atoms with Gasteiger partial charge in [0.25, 0.3) is 0 Å². The Morgan fingerprint density at radius 1 is 1.16 bits per heavy atom. The lowest BCUT2D eigenvalue weighted by atomic mass is 9.87. The van der Waals surface area contributed by atoms with E-state index >= 15 is 0 Å². The largest absolute Gasteiger partial charge is 0.394 e. The molecule has 2 heteroatoms. The fourth-order valence-corrected chi connectivity index (χ4v) is 3.27. The number of benzene rings is 1. The van der Waals surface area contributed by atoms with E-state index in [0.29, 0.717) is 6.04 Å². The fourth-order valence-electron chi connectivity index (χ4n) is 3.27. The number of rotatable bonds is 4. The first kappa shape index (κ1) is 14.5. The van der Waals surface area contributed by atoms with Gasteiger partial charge in [-0.2, -0.15) is 0 Å². The molecule has 1 atom stereocenters. The lowest BCUT2D eigenvalue weighted by Gasteiger charge is -2.35. The molecular formula is C17H27NO. The average molecular weight is 261 g/mol. The van der Waals surface area contributed by atoms with Crippen LogP contribution in [0.5, 0.6) is 0 Å². The van der Waals surface area contributed by atoms with E-state index in [-0.39, 0.29) is 12.1 Å². The first-order chi connectivity index (χ1) is 9.15. The first-order valence-electron chi connectivity index (χ1n) is 7.60. The molecule has 0 saturated heterocycles. The molecule has 19 heavy (non-hydrogen) atoms. The summed E-state index contributed by atoms with van der Waals surface area (Å²) < 4.78 is 0. The Bertz CT molecular complexity index is 396. The van der Waals surface area contributed by atoms with Gasteiger partial charge in [-0.15, -0.1) is 0 Å². The van der Waals surface area contributed by atoms with Crippen molar-refractivity contribution in [3.63, 3.8) is 0 Å². The van der Waals surface area contributed by atoms with E-state index in [1.54, 1.807) is 0 Å². The molecule has 0 amide bonds. The molecule has 1 aromatic rings. The van der Waals surface area contributed by atoms with E-state index in [4.69, 9.17) is 0 Å². The van der Waals surface area contributed by atoms with Crippen LogP contribution in [-0.2, 0) is 5.54 Å². The summed E-state index contributed by atoms with van der Waals surface area (Å²) in [6.45, 7) is 4.40. The highest BCUT2D eigenvalue weighted by Crippen LogP contribution is 2.27. The molecule has 0 spiro atoms. The van der Waals surface area contributed by atoms with Crippen molar-refractivity contribution in [3.8, 4) is 0 Å². The first-order valence-corrected chi connectivity index (χ1v) is 7.60. The molecule has 1 aliphatic rings. The van der Waals surface area contributed by atoms with Crippen LogP contribution in [-0.4, -0.2) is 17.8 Å². The van der Waals surface area contributed by atoms with Crippen molar-refractivity contribution in [1.29, 1.82) is 0 Å². The lowest BCUT2D eigenvalue weighted by molar-refractivity contribution is 0.156. The van der Waals surface area contributed by atoms with E-state index in [9.17, 15) is 5.11 Å². The molecule has 2 rings (SSSR count). The Morgan fingerprint density at radius 3 is 2.37 bits per heavy atom. The summed E-state index contributed by atoms with van der Waals surface area (Å²) in [6.07, 6.45) is 7.82. The summed E-state index contributed by atoms with van der Waals surface area (Å²) in [4.78, 5) is 0. The van der Waals surface area contributed by atoms with Crippen LogP contribution < -0.4 is 5.32 Å². The van der Waals surface area contributed by atoms with Crippen molar-refractivity contribution >= 4 is 0 Å².